The number of alkyl halides is 2. The van der Waals surface area contributed by atoms with E-state index in [1.807, 2.05) is 0 Å². The van der Waals surface area contributed by atoms with Crippen molar-refractivity contribution < 1.29 is 0 Å². The predicted octanol–water partition coefficient (Wildman–Crippen LogP) is 0.653. The van der Waals surface area contributed by atoms with Crippen molar-refractivity contribution in [1.29, 1.82) is 0 Å². The summed E-state index contributed by atoms with van der Waals surface area (Å²) in [7, 11) is 0. The molecular weight excluding hydrogens is 171 g/mol. The molecule has 1 rings (SSSR count). The maximum atomic E-state index is 6.06. The lowest BCUT2D eigenvalue weighted by Crippen LogP contribution is -2.63. The number of halogens is 2. The lowest BCUT2D eigenvalue weighted by Gasteiger charge is -2.50. The summed E-state index contributed by atoms with van der Waals surface area (Å²) in [5.74, 6) is 0. The third-order valence-corrected chi connectivity index (χ3v) is 3.87. The van der Waals surface area contributed by atoms with Gasteiger partial charge in [0.25, 0.3) is 0 Å². The molecule has 0 aromatic carbocycles. The van der Waals surface area contributed by atoms with Crippen LogP contribution < -0.4 is 11.5 Å². The zero-order chi connectivity index (χ0) is 7.83. The summed E-state index contributed by atoms with van der Waals surface area (Å²) in [5.41, 5.74) is 10.9. The van der Waals surface area contributed by atoms with Gasteiger partial charge in [-0.25, -0.2) is 0 Å². The van der Waals surface area contributed by atoms with Crippen LogP contribution in [0.5, 0.6) is 0 Å². The first kappa shape index (κ1) is 8.60. The Hall–Kier alpha value is 0.500. The molecule has 0 spiro atoms. The second-order valence-electron chi connectivity index (χ2n) is 2.84. The van der Waals surface area contributed by atoms with Crippen LogP contribution in [0.1, 0.15) is 12.8 Å². The number of hydrogen-bond acceptors (Lipinski definition) is 2. The highest BCUT2D eigenvalue weighted by atomic mass is 35.5. The normalized spacial score (nSPS) is 46.8. The van der Waals surface area contributed by atoms with E-state index in [-0.39, 0.29) is 0 Å². The van der Waals surface area contributed by atoms with Gasteiger partial charge in [-0.05, 0) is 12.8 Å². The molecule has 1 saturated carbocycles. The average Bonchev–Trinajstić information content (AvgIpc) is 1.99. The lowest BCUT2D eigenvalue weighted by molar-refractivity contribution is 0.254. The molecule has 0 aromatic heterocycles. The zero-order valence-electron chi connectivity index (χ0n) is 5.74. The fourth-order valence-corrected chi connectivity index (χ4v) is 1.77. The maximum Gasteiger partial charge on any atom is 0.0772 e. The summed E-state index contributed by atoms with van der Waals surface area (Å²) >= 11 is 12.1. The Kier molecular flexibility index (Phi) is 2.17. The molecule has 2 atom stereocenters. The zero-order valence-corrected chi connectivity index (χ0v) is 7.25. The molecule has 2 nitrogen and oxygen atoms in total. The van der Waals surface area contributed by atoms with Crippen LogP contribution in [0.4, 0.5) is 0 Å². The fourth-order valence-electron chi connectivity index (χ4n) is 1.24. The quantitative estimate of drug-likeness (QED) is 0.617. The summed E-state index contributed by atoms with van der Waals surface area (Å²) < 4.78 is 0. The Bertz CT molecular complexity index is 118. The van der Waals surface area contributed by atoms with E-state index in [1.54, 1.807) is 0 Å². The van der Waals surface area contributed by atoms with E-state index in [1.165, 1.54) is 0 Å². The van der Waals surface area contributed by atoms with Crippen LogP contribution >= 0.6 is 23.2 Å². The highest BCUT2D eigenvalue weighted by Crippen LogP contribution is 2.50. The molecule has 0 heterocycles. The van der Waals surface area contributed by atoms with Crippen LogP contribution in [0.3, 0.4) is 0 Å². The molecule has 10 heavy (non-hydrogen) atoms. The largest absolute Gasteiger partial charge is 0.329 e. The average molecular weight is 183 g/mol. The second kappa shape index (κ2) is 2.52. The first-order valence-corrected chi connectivity index (χ1v) is 4.11. The minimum atomic E-state index is -0.441. The Morgan fingerprint density at radius 3 is 1.40 bits per heavy atom. The van der Waals surface area contributed by atoms with Gasteiger partial charge in [0.2, 0.25) is 0 Å². The minimum absolute atomic E-state index is 0.412. The lowest BCUT2D eigenvalue weighted by atomic mass is 9.72. The number of rotatable bonds is 2. The second-order valence-corrected chi connectivity index (χ2v) is 4.29. The van der Waals surface area contributed by atoms with Gasteiger partial charge in [-0.2, -0.15) is 0 Å². The van der Waals surface area contributed by atoms with Gasteiger partial charge in [-0.15, -0.1) is 23.2 Å². The van der Waals surface area contributed by atoms with Crippen molar-refractivity contribution in [2.45, 2.75) is 22.6 Å². The molecule has 1 fully saturated rings. The summed E-state index contributed by atoms with van der Waals surface area (Å²) in [6, 6.07) is 0. The van der Waals surface area contributed by atoms with Crippen molar-refractivity contribution >= 4 is 23.2 Å². The summed E-state index contributed by atoms with van der Waals surface area (Å²) in [5, 5.41) is 0. The van der Waals surface area contributed by atoms with Gasteiger partial charge >= 0.3 is 0 Å². The molecule has 4 heteroatoms. The predicted molar refractivity (Wildman–Crippen MR) is 44.5 cm³/mol. The maximum absolute atomic E-state index is 6.06. The molecule has 0 radical (unpaired) electrons. The van der Waals surface area contributed by atoms with Gasteiger partial charge in [0, 0.05) is 13.1 Å². The van der Waals surface area contributed by atoms with Gasteiger partial charge in [-0.1, -0.05) is 0 Å². The van der Waals surface area contributed by atoms with Gasteiger partial charge in [-0.3, -0.25) is 0 Å². The van der Waals surface area contributed by atoms with E-state index >= 15 is 0 Å². The first-order chi connectivity index (χ1) is 4.58. The third-order valence-electron chi connectivity index (χ3n) is 2.37. The van der Waals surface area contributed by atoms with Crippen LogP contribution in [0.25, 0.3) is 0 Å². The first-order valence-electron chi connectivity index (χ1n) is 3.36. The van der Waals surface area contributed by atoms with Gasteiger partial charge in [0.15, 0.2) is 0 Å². The van der Waals surface area contributed by atoms with Gasteiger partial charge in [0.1, 0.15) is 0 Å². The van der Waals surface area contributed by atoms with E-state index in [2.05, 4.69) is 0 Å². The minimum Gasteiger partial charge on any atom is -0.329 e. The van der Waals surface area contributed by atoms with Crippen molar-refractivity contribution in [2.75, 3.05) is 13.1 Å². The summed E-state index contributed by atoms with van der Waals surface area (Å²) in [6.07, 6.45) is 1.76. The van der Waals surface area contributed by atoms with Crippen LogP contribution in [0, 0.1) is 0 Å². The molecule has 2 unspecified atom stereocenters. The van der Waals surface area contributed by atoms with Crippen molar-refractivity contribution in [2.24, 2.45) is 11.5 Å². The van der Waals surface area contributed by atoms with Crippen LogP contribution in [-0.2, 0) is 0 Å². The van der Waals surface area contributed by atoms with E-state index < -0.39 is 9.75 Å². The van der Waals surface area contributed by atoms with Crippen molar-refractivity contribution in [3.63, 3.8) is 0 Å². The number of nitrogens with two attached hydrogens (primary N) is 2. The van der Waals surface area contributed by atoms with Crippen LogP contribution in [-0.4, -0.2) is 22.8 Å². The smallest absolute Gasteiger partial charge is 0.0772 e. The molecule has 4 N–H and O–H groups in total. The van der Waals surface area contributed by atoms with E-state index in [0.29, 0.717) is 13.1 Å². The van der Waals surface area contributed by atoms with Gasteiger partial charge < -0.3 is 11.5 Å². The summed E-state index contributed by atoms with van der Waals surface area (Å²) in [6.45, 7) is 0.824. The van der Waals surface area contributed by atoms with Gasteiger partial charge in [0.05, 0.1) is 9.75 Å². The molecule has 0 saturated heterocycles. The van der Waals surface area contributed by atoms with E-state index in [9.17, 15) is 0 Å². The number of hydrogen-bond donors (Lipinski definition) is 2. The third kappa shape index (κ3) is 0.944. The van der Waals surface area contributed by atoms with Crippen molar-refractivity contribution in [3.8, 4) is 0 Å². The van der Waals surface area contributed by atoms with Crippen molar-refractivity contribution in [3.05, 3.63) is 0 Å². The van der Waals surface area contributed by atoms with E-state index in [0.717, 1.165) is 12.8 Å². The molecule has 60 valence electrons. The Labute approximate surface area is 70.8 Å². The SMILES string of the molecule is NCC1(Cl)CCC1(Cl)CN. The standard InChI is InChI=1S/C6H12Cl2N2/c7-5(3-9)1-2-6(5,8)4-10/h1-4,9-10H2. The van der Waals surface area contributed by atoms with Crippen molar-refractivity contribution in [1.82, 2.24) is 0 Å². The monoisotopic (exact) mass is 182 g/mol. The summed E-state index contributed by atoms with van der Waals surface area (Å²) in [4.78, 5) is -0.882. The molecule has 0 amide bonds. The molecular formula is C6H12Cl2N2. The molecule has 1 aliphatic rings. The van der Waals surface area contributed by atoms with Crippen LogP contribution in [0.15, 0.2) is 0 Å². The van der Waals surface area contributed by atoms with Crippen LogP contribution in [0.2, 0.25) is 0 Å². The molecule has 0 aliphatic heterocycles. The highest BCUT2D eigenvalue weighted by Gasteiger charge is 2.55. The Balaban J connectivity index is 2.64. The highest BCUT2D eigenvalue weighted by molar-refractivity contribution is 6.36. The molecule has 0 aromatic rings. The molecule has 1 aliphatic carbocycles. The Morgan fingerprint density at radius 1 is 1.00 bits per heavy atom. The Morgan fingerprint density at radius 2 is 1.30 bits per heavy atom. The van der Waals surface area contributed by atoms with E-state index in [4.69, 9.17) is 34.7 Å². The molecule has 0 bridgehead atoms. The topological polar surface area (TPSA) is 52.0 Å². The fraction of sp³-hybridized carbons (Fsp3) is 1.00.